The molecule has 1 atom stereocenters. The van der Waals surface area contributed by atoms with Gasteiger partial charge in [-0.25, -0.2) is 0 Å². The van der Waals surface area contributed by atoms with Gasteiger partial charge in [0.1, 0.15) is 0 Å². The van der Waals surface area contributed by atoms with Gasteiger partial charge in [0.15, 0.2) is 0 Å². The molecule has 0 aliphatic heterocycles. The van der Waals surface area contributed by atoms with Crippen LogP contribution in [0.15, 0.2) is 16.0 Å². The fraction of sp³-hybridized carbons (Fsp3) is 0.417. The molecule has 2 rings (SSSR count). The van der Waals surface area contributed by atoms with Gasteiger partial charge in [0.2, 0.25) is 0 Å². The second-order valence-electron chi connectivity index (χ2n) is 4.50. The molecule has 3 nitrogen and oxygen atoms in total. The Hall–Kier alpha value is -0.360. The van der Waals surface area contributed by atoms with E-state index in [1.54, 1.807) is 17.5 Å². The van der Waals surface area contributed by atoms with E-state index in [4.69, 9.17) is 17.3 Å². The highest BCUT2D eigenvalue weighted by molar-refractivity contribution is 9.11. The number of halogens is 2. The third kappa shape index (κ3) is 2.50. The van der Waals surface area contributed by atoms with Crippen LogP contribution in [0.4, 0.5) is 0 Å². The van der Waals surface area contributed by atoms with Crippen LogP contribution in [0.25, 0.3) is 0 Å². The maximum atomic E-state index is 6.33. The van der Waals surface area contributed by atoms with E-state index in [-0.39, 0.29) is 12.1 Å². The molecule has 6 heteroatoms. The van der Waals surface area contributed by atoms with E-state index in [0.717, 1.165) is 14.4 Å². The molecule has 0 fully saturated rings. The van der Waals surface area contributed by atoms with Crippen molar-refractivity contribution < 1.29 is 0 Å². The Morgan fingerprint density at radius 3 is 2.67 bits per heavy atom. The summed E-state index contributed by atoms with van der Waals surface area (Å²) in [4.78, 5) is 1.09. The number of thiophene rings is 1. The van der Waals surface area contributed by atoms with Crippen molar-refractivity contribution in [1.29, 1.82) is 0 Å². The number of hydrogen-bond acceptors (Lipinski definition) is 3. The smallest absolute Gasteiger partial charge is 0.0838 e. The maximum Gasteiger partial charge on any atom is 0.0838 e. The zero-order chi connectivity index (χ0) is 13.4. The van der Waals surface area contributed by atoms with Crippen molar-refractivity contribution in [3.8, 4) is 0 Å². The number of rotatable bonds is 3. The quantitative estimate of drug-likeness (QED) is 0.899. The van der Waals surface area contributed by atoms with Crippen molar-refractivity contribution in [1.82, 2.24) is 9.78 Å². The lowest BCUT2D eigenvalue weighted by Gasteiger charge is -2.16. The lowest BCUT2D eigenvalue weighted by Crippen LogP contribution is -2.18. The molecule has 98 valence electrons. The molecule has 2 N–H and O–H groups in total. The minimum absolute atomic E-state index is 0.239. The lowest BCUT2D eigenvalue weighted by atomic mass is 10.1. The topological polar surface area (TPSA) is 43.8 Å². The number of nitrogens with two attached hydrogens (primary N) is 1. The number of hydrogen-bond donors (Lipinski definition) is 1. The fourth-order valence-electron chi connectivity index (χ4n) is 1.82. The van der Waals surface area contributed by atoms with E-state index in [9.17, 15) is 0 Å². The van der Waals surface area contributed by atoms with Gasteiger partial charge in [0.25, 0.3) is 0 Å². The Labute approximate surface area is 124 Å². The van der Waals surface area contributed by atoms with Crippen LogP contribution < -0.4 is 5.73 Å². The molecule has 1 unspecified atom stereocenters. The third-order valence-electron chi connectivity index (χ3n) is 2.75. The average Bonchev–Trinajstić information content (AvgIpc) is 2.83. The molecule has 0 spiro atoms. The van der Waals surface area contributed by atoms with Gasteiger partial charge in [-0.1, -0.05) is 11.6 Å². The van der Waals surface area contributed by atoms with E-state index < -0.39 is 0 Å². The van der Waals surface area contributed by atoms with Crippen LogP contribution >= 0.6 is 38.9 Å². The summed E-state index contributed by atoms with van der Waals surface area (Å²) in [5.41, 5.74) is 8.39. The molecule has 0 aromatic carbocycles. The Bertz CT molecular complexity index is 542. The fourth-order valence-corrected chi connectivity index (χ4v) is 3.65. The maximum absolute atomic E-state index is 6.33. The molecule has 2 heterocycles. The molecular weight excluding hydrogens is 334 g/mol. The van der Waals surface area contributed by atoms with Crippen molar-refractivity contribution >= 4 is 38.9 Å². The number of aryl methyl sites for hydroxylation is 1. The minimum atomic E-state index is -0.239. The SMILES string of the molecule is Cc1cc(C(N)c2c(Cl)cnn2C(C)C)sc1Br. The molecule has 0 amide bonds. The molecule has 0 saturated heterocycles. The Morgan fingerprint density at radius 2 is 2.17 bits per heavy atom. The molecule has 2 aromatic heterocycles. The first-order valence-electron chi connectivity index (χ1n) is 5.66. The molecular formula is C12H15BrClN3S. The summed E-state index contributed by atoms with van der Waals surface area (Å²) in [6, 6.07) is 2.09. The number of aromatic nitrogens is 2. The van der Waals surface area contributed by atoms with Gasteiger partial charge >= 0.3 is 0 Å². The monoisotopic (exact) mass is 347 g/mol. The molecule has 0 aliphatic carbocycles. The molecule has 0 aliphatic rings. The van der Waals surface area contributed by atoms with Crippen LogP contribution in [0.5, 0.6) is 0 Å². The highest BCUT2D eigenvalue weighted by Crippen LogP contribution is 2.35. The zero-order valence-corrected chi connectivity index (χ0v) is 13.6. The van der Waals surface area contributed by atoms with Crippen molar-refractivity contribution in [3.05, 3.63) is 37.2 Å². The van der Waals surface area contributed by atoms with E-state index in [2.05, 4.69) is 47.9 Å². The highest BCUT2D eigenvalue weighted by atomic mass is 79.9. The summed E-state index contributed by atoms with van der Waals surface area (Å²) in [6.45, 7) is 6.18. The molecule has 0 radical (unpaired) electrons. The summed E-state index contributed by atoms with van der Waals surface area (Å²) in [5.74, 6) is 0. The Balaban J connectivity index is 2.45. The summed E-state index contributed by atoms with van der Waals surface area (Å²) >= 11 is 11.4. The Kier molecular flexibility index (Phi) is 4.16. The van der Waals surface area contributed by atoms with E-state index in [1.807, 2.05) is 4.68 Å². The first kappa shape index (κ1) is 14.1. The van der Waals surface area contributed by atoms with E-state index in [1.165, 1.54) is 5.56 Å². The first-order valence-corrected chi connectivity index (χ1v) is 7.65. The predicted octanol–water partition coefficient (Wildman–Crippen LogP) is 4.30. The summed E-state index contributed by atoms with van der Waals surface area (Å²) in [5, 5.41) is 4.91. The second kappa shape index (κ2) is 5.33. The molecule has 0 bridgehead atoms. The summed E-state index contributed by atoms with van der Waals surface area (Å²) in [7, 11) is 0. The van der Waals surface area contributed by atoms with Crippen LogP contribution in [0, 0.1) is 6.92 Å². The minimum Gasteiger partial charge on any atom is -0.318 e. The van der Waals surface area contributed by atoms with Gasteiger partial charge in [0.05, 0.1) is 26.7 Å². The summed E-state index contributed by atoms with van der Waals surface area (Å²) < 4.78 is 3.00. The van der Waals surface area contributed by atoms with Gasteiger partial charge in [0, 0.05) is 10.9 Å². The average molecular weight is 349 g/mol. The molecule has 0 saturated carbocycles. The van der Waals surface area contributed by atoms with Gasteiger partial charge in [-0.05, 0) is 48.3 Å². The molecule has 2 aromatic rings. The first-order chi connectivity index (χ1) is 8.41. The standard InChI is InChI=1S/C12H15BrClN3S/c1-6(2)17-11(8(14)5-16-17)10(15)9-4-7(3)12(13)18-9/h4-6,10H,15H2,1-3H3. The van der Waals surface area contributed by atoms with Crippen LogP contribution in [0.2, 0.25) is 5.02 Å². The lowest BCUT2D eigenvalue weighted by molar-refractivity contribution is 0.500. The van der Waals surface area contributed by atoms with Crippen molar-refractivity contribution in [3.63, 3.8) is 0 Å². The summed E-state index contributed by atoms with van der Waals surface area (Å²) in [6.07, 6.45) is 1.66. The van der Waals surface area contributed by atoms with E-state index >= 15 is 0 Å². The normalized spacial score (nSPS) is 13.3. The number of nitrogens with zero attached hydrogens (tertiary/aromatic N) is 2. The van der Waals surface area contributed by atoms with Gasteiger partial charge in [-0.2, -0.15) is 5.10 Å². The Morgan fingerprint density at radius 1 is 1.50 bits per heavy atom. The molecule has 18 heavy (non-hydrogen) atoms. The van der Waals surface area contributed by atoms with Crippen LogP contribution in [-0.4, -0.2) is 9.78 Å². The second-order valence-corrected chi connectivity index (χ2v) is 7.31. The zero-order valence-electron chi connectivity index (χ0n) is 10.4. The van der Waals surface area contributed by atoms with Gasteiger partial charge < -0.3 is 5.73 Å². The van der Waals surface area contributed by atoms with Gasteiger partial charge in [-0.15, -0.1) is 11.3 Å². The van der Waals surface area contributed by atoms with Crippen LogP contribution in [0.3, 0.4) is 0 Å². The van der Waals surface area contributed by atoms with Crippen molar-refractivity contribution in [2.75, 3.05) is 0 Å². The van der Waals surface area contributed by atoms with Crippen molar-refractivity contribution in [2.45, 2.75) is 32.9 Å². The van der Waals surface area contributed by atoms with Crippen molar-refractivity contribution in [2.24, 2.45) is 5.73 Å². The predicted molar refractivity (Wildman–Crippen MR) is 80.4 cm³/mol. The van der Waals surface area contributed by atoms with Crippen LogP contribution in [-0.2, 0) is 0 Å². The third-order valence-corrected chi connectivity index (χ3v) is 5.26. The highest BCUT2D eigenvalue weighted by Gasteiger charge is 2.22. The van der Waals surface area contributed by atoms with E-state index in [0.29, 0.717) is 5.02 Å². The van der Waals surface area contributed by atoms with Gasteiger partial charge in [-0.3, -0.25) is 4.68 Å². The van der Waals surface area contributed by atoms with Crippen LogP contribution in [0.1, 0.15) is 42.1 Å². The largest absolute Gasteiger partial charge is 0.318 e.